The van der Waals surface area contributed by atoms with Gasteiger partial charge in [-0.25, -0.2) is 18.0 Å². The first-order chi connectivity index (χ1) is 23.1. The second-order valence-corrected chi connectivity index (χ2v) is 9.68. The van der Waals surface area contributed by atoms with Crippen LogP contribution in [0.4, 0.5) is 30.2 Å². The lowest BCUT2D eigenvalue weighted by atomic mass is 10.1. The largest absolute Gasteiger partial charge is 0.477 e. The van der Waals surface area contributed by atoms with E-state index >= 15 is 0 Å². The highest BCUT2D eigenvalue weighted by Crippen LogP contribution is 2.21. The molecule has 2 saturated heterocycles. The number of hydrogen-bond donors (Lipinski definition) is 2. The summed E-state index contributed by atoms with van der Waals surface area (Å²) in [6, 6.07) is 7.31. The predicted octanol–water partition coefficient (Wildman–Crippen LogP) is 5.97. The van der Waals surface area contributed by atoms with Crippen LogP contribution in [0.2, 0.25) is 0 Å². The zero-order valence-electron chi connectivity index (χ0n) is 25.2. The van der Waals surface area contributed by atoms with Crippen LogP contribution in [0.5, 0.6) is 0 Å². The van der Waals surface area contributed by atoms with Crippen molar-refractivity contribution in [2.75, 3.05) is 26.4 Å². The molecule has 3 aromatic rings. The number of nitro benzene ring substituents is 3. The van der Waals surface area contributed by atoms with Crippen LogP contribution in [0.25, 0.3) is 0 Å². The molecule has 2 heterocycles. The molecule has 2 aliphatic heterocycles. The maximum atomic E-state index is 12.5. The summed E-state index contributed by atoms with van der Waals surface area (Å²) >= 11 is 5.01. The normalized spacial score (nSPS) is 12.6. The Labute approximate surface area is 279 Å². The molecule has 0 atom stereocenters. The summed E-state index contributed by atoms with van der Waals surface area (Å²) in [5.41, 5.74) is 1.69. The second-order valence-electron chi connectivity index (χ2n) is 9.34. The van der Waals surface area contributed by atoms with E-state index in [4.69, 9.17) is 31.9 Å². The van der Waals surface area contributed by atoms with Crippen LogP contribution >= 0.6 is 11.6 Å². The Kier molecular flexibility index (Phi) is 18.1. The number of amides is 1. The molecule has 3 N–H and O–H groups in total. The summed E-state index contributed by atoms with van der Waals surface area (Å²) in [4.78, 5) is 60.1. The summed E-state index contributed by atoms with van der Waals surface area (Å²) in [5.74, 6) is -4.84. The number of ether oxygens (including phenoxy) is 2. The van der Waals surface area contributed by atoms with Gasteiger partial charge < -0.3 is 20.3 Å². The van der Waals surface area contributed by atoms with Crippen molar-refractivity contribution in [2.24, 2.45) is 5.73 Å². The third kappa shape index (κ3) is 15.3. The number of carbonyl (C=O) groups excluding carboxylic acids is 2. The highest BCUT2D eigenvalue weighted by Gasteiger charge is 2.21. The van der Waals surface area contributed by atoms with Crippen molar-refractivity contribution in [3.63, 3.8) is 0 Å². The number of carboxylic acids is 1. The van der Waals surface area contributed by atoms with Crippen LogP contribution in [-0.2, 0) is 9.47 Å². The van der Waals surface area contributed by atoms with Gasteiger partial charge in [-0.3, -0.25) is 39.9 Å². The number of nitrogens with two attached hydrogens (primary N) is 1. The highest BCUT2D eigenvalue weighted by atomic mass is 35.5. The van der Waals surface area contributed by atoms with Crippen LogP contribution in [-0.4, -0.2) is 63.4 Å². The number of carbonyl (C=O) groups is 3. The molecule has 0 aliphatic carbocycles. The summed E-state index contributed by atoms with van der Waals surface area (Å²) < 4.78 is 47.5. The van der Waals surface area contributed by atoms with E-state index in [0.717, 1.165) is 75.0 Å². The highest BCUT2D eigenvalue weighted by molar-refractivity contribution is 6.68. The lowest BCUT2D eigenvalue weighted by molar-refractivity contribution is -0.385. The number of hydrogen-bond acceptors (Lipinski definition) is 11. The van der Waals surface area contributed by atoms with Gasteiger partial charge in [0.25, 0.3) is 28.2 Å². The van der Waals surface area contributed by atoms with Crippen molar-refractivity contribution >= 4 is 45.8 Å². The molecular formula is C29H28ClF3N4O12. The second kappa shape index (κ2) is 21.4. The first-order valence-corrected chi connectivity index (χ1v) is 14.1. The van der Waals surface area contributed by atoms with Crippen LogP contribution in [0.3, 0.4) is 0 Å². The fraction of sp³-hybridized carbons (Fsp3) is 0.276. The first-order valence-electron chi connectivity index (χ1n) is 13.8. The molecule has 1 amide bonds. The van der Waals surface area contributed by atoms with Gasteiger partial charge in [-0.05, 0) is 73.7 Å². The monoisotopic (exact) mass is 716 g/mol. The molecule has 0 saturated carbocycles. The van der Waals surface area contributed by atoms with Gasteiger partial charge in [0.1, 0.15) is 34.1 Å². The third-order valence-electron chi connectivity index (χ3n) is 5.83. The Morgan fingerprint density at radius 1 is 0.633 bits per heavy atom. The number of primary amides is 1. The van der Waals surface area contributed by atoms with E-state index in [9.17, 15) is 57.9 Å². The van der Waals surface area contributed by atoms with E-state index in [1.54, 1.807) is 0 Å². The quantitative estimate of drug-likeness (QED) is 0.170. The molecule has 49 heavy (non-hydrogen) atoms. The van der Waals surface area contributed by atoms with E-state index < -0.39 is 83.1 Å². The number of halogens is 4. The maximum Gasteiger partial charge on any atom is 0.342 e. The molecule has 20 heteroatoms. The Balaban J connectivity index is 0.000000321. The molecule has 264 valence electrons. The van der Waals surface area contributed by atoms with Crippen molar-refractivity contribution in [1.29, 1.82) is 0 Å². The van der Waals surface area contributed by atoms with Gasteiger partial charge in [-0.15, -0.1) is 0 Å². The summed E-state index contributed by atoms with van der Waals surface area (Å²) in [6.45, 7) is 4.00. The number of nitro groups is 3. The molecule has 2 fully saturated rings. The standard InChI is InChI=1S/C7H3ClFNO3.C7H5FN2O3.C7H4FNO4.2C4H8O/c8-7(11)5-3-4(9)1-2-6(5)10(12)13;8-4-1-2-6(10(12)13)5(3-4)7(9)11;8-4-1-2-6(9(12)13)5(3-4)7(10)11;2*1-2-4-5-3-1/h1-3H;1-3H,(H2,9,11);1-3H,(H,10,11);2*1-4H2. The van der Waals surface area contributed by atoms with Crippen molar-refractivity contribution < 1.29 is 56.9 Å². The van der Waals surface area contributed by atoms with E-state index in [0.29, 0.717) is 6.07 Å². The molecule has 0 spiro atoms. The Morgan fingerprint density at radius 3 is 1.20 bits per heavy atom. The lowest BCUT2D eigenvalue weighted by Crippen LogP contribution is -2.13. The first kappa shape index (κ1) is 41.5. The molecule has 0 aromatic heterocycles. The zero-order chi connectivity index (χ0) is 37.1. The minimum absolute atomic E-state index is 0.426. The minimum Gasteiger partial charge on any atom is -0.477 e. The maximum absolute atomic E-state index is 12.5. The number of nitrogens with zero attached hydrogens (tertiary/aromatic N) is 3. The van der Waals surface area contributed by atoms with Gasteiger partial charge in [-0.2, -0.15) is 0 Å². The Bertz CT molecular complexity index is 1450. The molecular weight excluding hydrogens is 689 g/mol. The van der Waals surface area contributed by atoms with Crippen LogP contribution in [0.15, 0.2) is 54.6 Å². The third-order valence-corrected chi connectivity index (χ3v) is 6.03. The average Bonchev–Trinajstić information content (AvgIpc) is 3.81. The topological polar surface area (TPSA) is 245 Å². The zero-order valence-corrected chi connectivity index (χ0v) is 26.0. The number of benzene rings is 3. The van der Waals surface area contributed by atoms with E-state index in [2.05, 4.69) is 0 Å². The Hall–Kier alpha value is -5.53. The summed E-state index contributed by atoms with van der Waals surface area (Å²) in [7, 11) is 0. The van der Waals surface area contributed by atoms with E-state index in [1.807, 2.05) is 0 Å². The predicted molar refractivity (Wildman–Crippen MR) is 165 cm³/mol. The van der Waals surface area contributed by atoms with Crippen molar-refractivity contribution in [3.8, 4) is 0 Å². The molecule has 3 aromatic carbocycles. The molecule has 0 radical (unpaired) electrons. The smallest absolute Gasteiger partial charge is 0.342 e. The average molecular weight is 717 g/mol. The number of carboxylic acid groups (broad SMARTS) is 1. The van der Waals surface area contributed by atoms with E-state index in [-0.39, 0.29) is 0 Å². The Morgan fingerprint density at radius 2 is 0.939 bits per heavy atom. The van der Waals surface area contributed by atoms with E-state index in [1.165, 1.54) is 25.7 Å². The number of aromatic carboxylic acids is 1. The van der Waals surface area contributed by atoms with Crippen LogP contribution < -0.4 is 5.73 Å². The van der Waals surface area contributed by atoms with Gasteiger partial charge >= 0.3 is 5.97 Å². The van der Waals surface area contributed by atoms with Gasteiger partial charge in [0, 0.05) is 44.6 Å². The summed E-state index contributed by atoms with van der Waals surface area (Å²) in [6.07, 6.45) is 5.11. The molecule has 5 rings (SSSR count). The van der Waals surface area contributed by atoms with Crippen LogP contribution in [0.1, 0.15) is 56.8 Å². The number of rotatable bonds is 6. The van der Waals surface area contributed by atoms with Gasteiger partial charge in [-0.1, -0.05) is 0 Å². The SMILES string of the molecule is C1CCOC1.C1CCOC1.NC(=O)c1cc(F)ccc1[N+](=O)[O-].O=C(Cl)c1cc(F)ccc1[N+](=O)[O-].O=C(O)c1cc(F)ccc1[N+](=O)[O-]. The van der Waals surface area contributed by atoms with Crippen molar-refractivity contribution in [3.05, 3.63) is 119 Å². The minimum atomic E-state index is -1.52. The fourth-order valence-electron chi connectivity index (χ4n) is 3.55. The lowest BCUT2D eigenvalue weighted by Gasteiger charge is -1.97. The summed E-state index contributed by atoms with van der Waals surface area (Å²) in [5, 5.41) is 38.3. The van der Waals surface area contributed by atoms with Gasteiger partial charge in [0.05, 0.1) is 14.8 Å². The van der Waals surface area contributed by atoms with Crippen molar-refractivity contribution in [2.45, 2.75) is 25.7 Å². The molecule has 16 nitrogen and oxygen atoms in total. The fourth-order valence-corrected chi connectivity index (χ4v) is 3.70. The van der Waals surface area contributed by atoms with Gasteiger partial charge in [0.15, 0.2) is 0 Å². The van der Waals surface area contributed by atoms with Crippen LogP contribution in [0, 0.1) is 47.8 Å². The molecule has 0 unspecified atom stereocenters. The van der Waals surface area contributed by atoms with Crippen molar-refractivity contribution in [1.82, 2.24) is 0 Å². The van der Waals surface area contributed by atoms with Gasteiger partial charge in [0.2, 0.25) is 0 Å². The molecule has 0 bridgehead atoms. The molecule has 2 aliphatic rings.